The van der Waals surface area contributed by atoms with E-state index in [1.54, 1.807) is 25.1 Å². The number of hydrogen-bond donors (Lipinski definition) is 4. The number of nitrogens with zero attached hydrogens (tertiary/aromatic N) is 2. The summed E-state index contributed by atoms with van der Waals surface area (Å²) in [6.45, 7) is 1.77. The Labute approximate surface area is 155 Å². The molecule has 132 valence electrons. The van der Waals surface area contributed by atoms with Crippen molar-refractivity contribution in [3.63, 3.8) is 0 Å². The van der Waals surface area contributed by atoms with Crippen LogP contribution in [0.4, 0.5) is 11.5 Å². The van der Waals surface area contributed by atoms with Crippen molar-refractivity contribution in [3.8, 4) is 0 Å². The Morgan fingerprint density at radius 2 is 2.08 bits per heavy atom. The van der Waals surface area contributed by atoms with Gasteiger partial charge >= 0.3 is 5.69 Å². The first kappa shape index (κ1) is 16.6. The summed E-state index contributed by atoms with van der Waals surface area (Å²) in [5, 5.41) is 5.60. The lowest BCUT2D eigenvalue weighted by Crippen LogP contribution is -2.22. The molecule has 0 radical (unpaired) electrons. The van der Waals surface area contributed by atoms with Gasteiger partial charge in [0.2, 0.25) is 5.91 Å². The highest BCUT2D eigenvalue weighted by molar-refractivity contribution is 8.00. The van der Waals surface area contributed by atoms with Crippen LogP contribution in [0.3, 0.4) is 0 Å². The Morgan fingerprint density at radius 1 is 1.27 bits per heavy atom. The number of nitrogens with two attached hydrogens (primary N) is 1. The van der Waals surface area contributed by atoms with Crippen molar-refractivity contribution < 1.29 is 4.79 Å². The van der Waals surface area contributed by atoms with E-state index in [9.17, 15) is 9.59 Å². The number of carbonyl (C=O) groups excluding carboxylic acids is 1. The maximum atomic E-state index is 12.5. The molecule has 0 unspecified atom stereocenters. The fourth-order valence-electron chi connectivity index (χ4n) is 2.48. The van der Waals surface area contributed by atoms with E-state index in [4.69, 9.17) is 5.73 Å². The van der Waals surface area contributed by atoms with Crippen molar-refractivity contribution in [1.29, 1.82) is 0 Å². The minimum Gasteiger partial charge on any atom is -0.383 e. The Bertz CT molecular complexity index is 1180. The molecule has 10 heteroatoms. The second kappa shape index (κ2) is 6.46. The number of thiophene rings is 1. The lowest BCUT2D eigenvalue weighted by atomic mass is 10.2. The van der Waals surface area contributed by atoms with Crippen molar-refractivity contribution in [2.75, 3.05) is 11.1 Å². The van der Waals surface area contributed by atoms with Crippen LogP contribution in [-0.2, 0) is 4.79 Å². The topological polar surface area (TPSA) is 130 Å². The first-order valence-corrected chi connectivity index (χ1v) is 9.46. The van der Waals surface area contributed by atoms with Gasteiger partial charge in [-0.3, -0.25) is 4.79 Å². The molecule has 0 aliphatic carbocycles. The maximum absolute atomic E-state index is 12.5. The van der Waals surface area contributed by atoms with Gasteiger partial charge in [-0.2, -0.15) is 0 Å². The highest BCUT2D eigenvalue weighted by atomic mass is 32.2. The van der Waals surface area contributed by atoms with Gasteiger partial charge in [-0.05, 0) is 36.6 Å². The summed E-state index contributed by atoms with van der Waals surface area (Å²) < 4.78 is 0. The van der Waals surface area contributed by atoms with Crippen LogP contribution in [0.2, 0.25) is 0 Å². The number of benzene rings is 1. The summed E-state index contributed by atoms with van der Waals surface area (Å²) in [6.07, 6.45) is 0. The second-order valence-electron chi connectivity index (χ2n) is 5.62. The molecule has 26 heavy (non-hydrogen) atoms. The molecule has 4 rings (SSSR count). The van der Waals surface area contributed by atoms with Crippen LogP contribution in [0.1, 0.15) is 6.92 Å². The molecule has 3 heterocycles. The van der Waals surface area contributed by atoms with Crippen molar-refractivity contribution in [3.05, 3.63) is 40.1 Å². The molecule has 1 aromatic carbocycles. The van der Waals surface area contributed by atoms with Crippen LogP contribution in [0.5, 0.6) is 0 Å². The Morgan fingerprint density at radius 3 is 2.92 bits per heavy atom. The van der Waals surface area contributed by atoms with Gasteiger partial charge in [0.15, 0.2) is 5.16 Å². The molecule has 4 aromatic rings. The molecule has 0 bridgehead atoms. The van der Waals surface area contributed by atoms with E-state index in [0.29, 0.717) is 27.7 Å². The average Bonchev–Trinajstić information content (AvgIpc) is 3.19. The smallest absolute Gasteiger partial charge is 0.323 e. The summed E-state index contributed by atoms with van der Waals surface area (Å²) in [5.41, 5.74) is 7.57. The summed E-state index contributed by atoms with van der Waals surface area (Å²) in [4.78, 5) is 38.6. The number of nitrogen functional groups attached to an aromatic ring is 1. The molecule has 0 saturated heterocycles. The Kier molecular flexibility index (Phi) is 4.13. The molecule has 1 atom stereocenters. The van der Waals surface area contributed by atoms with Crippen molar-refractivity contribution in [2.24, 2.45) is 0 Å². The fourth-order valence-corrected chi connectivity index (χ4v) is 4.08. The van der Waals surface area contributed by atoms with Crippen LogP contribution in [0.15, 0.2) is 39.6 Å². The van der Waals surface area contributed by atoms with E-state index in [2.05, 4.69) is 25.3 Å². The standard InChI is InChI=1S/C16H14N6O2S2/c1-7(26-16-21-12(17)9-4-5-25-14(9)22-16)13(23)18-8-2-3-10-11(6-8)20-15(24)19-10/h2-7H,1H3,(H,18,23)(H2,17,21,22)(H2,19,20,24)/t7-/m1/s1. The number of rotatable bonds is 4. The van der Waals surface area contributed by atoms with Gasteiger partial charge in [-0.15, -0.1) is 11.3 Å². The molecule has 0 spiro atoms. The quantitative estimate of drug-likeness (QED) is 0.315. The fraction of sp³-hybridized carbons (Fsp3) is 0.125. The Hall–Kier alpha value is -2.85. The third-order valence-electron chi connectivity index (χ3n) is 3.77. The molecule has 8 nitrogen and oxygen atoms in total. The molecule has 0 fully saturated rings. The van der Waals surface area contributed by atoms with Gasteiger partial charge in [0.05, 0.1) is 21.7 Å². The number of nitrogens with one attached hydrogen (secondary N) is 3. The molecule has 3 aromatic heterocycles. The number of H-pyrrole nitrogens is 2. The number of carbonyl (C=O) groups is 1. The predicted octanol–water partition coefficient (Wildman–Crippen LogP) is 2.56. The minimum absolute atomic E-state index is 0.194. The van der Waals surface area contributed by atoms with Crippen molar-refractivity contribution in [1.82, 2.24) is 19.9 Å². The van der Waals surface area contributed by atoms with E-state index < -0.39 is 5.25 Å². The van der Waals surface area contributed by atoms with Crippen LogP contribution in [0.25, 0.3) is 21.3 Å². The molecule has 0 aliphatic rings. The number of aromatic amines is 2. The van der Waals surface area contributed by atoms with Crippen LogP contribution in [0, 0.1) is 0 Å². The molecular formula is C16H14N6O2S2. The maximum Gasteiger partial charge on any atom is 0.323 e. The largest absolute Gasteiger partial charge is 0.383 e. The van der Waals surface area contributed by atoms with Gasteiger partial charge in [0, 0.05) is 5.69 Å². The monoisotopic (exact) mass is 386 g/mol. The molecule has 1 amide bonds. The first-order valence-electron chi connectivity index (χ1n) is 7.70. The van der Waals surface area contributed by atoms with E-state index in [0.717, 1.165) is 10.2 Å². The SMILES string of the molecule is C[C@@H](Sc1nc(N)c2ccsc2n1)C(=O)Nc1ccc2[nH]c(=O)[nH]c2c1. The van der Waals surface area contributed by atoms with Crippen molar-refractivity contribution >= 4 is 61.8 Å². The third-order valence-corrected chi connectivity index (χ3v) is 5.54. The normalized spacial score (nSPS) is 12.5. The highest BCUT2D eigenvalue weighted by Gasteiger charge is 2.18. The van der Waals surface area contributed by atoms with Gasteiger partial charge in [0.1, 0.15) is 10.6 Å². The van der Waals surface area contributed by atoms with Crippen LogP contribution in [-0.4, -0.2) is 31.1 Å². The zero-order valence-electron chi connectivity index (χ0n) is 13.6. The number of hydrogen-bond acceptors (Lipinski definition) is 7. The number of imidazole rings is 1. The van der Waals surface area contributed by atoms with Gasteiger partial charge in [-0.1, -0.05) is 11.8 Å². The highest BCUT2D eigenvalue weighted by Crippen LogP contribution is 2.28. The molecular weight excluding hydrogens is 372 g/mol. The lowest BCUT2D eigenvalue weighted by Gasteiger charge is -2.11. The predicted molar refractivity (Wildman–Crippen MR) is 105 cm³/mol. The van der Waals surface area contributed by atoms with Crippen LogP contribution >= 0.6 is 23.1 Å². The number of amides is 1. The summed E-state index contributed by atoms with van der Waals surface area (Å²) in [6, 6.07) is 7.04. The summed E-state index contributed by atoms with van der Waals surface area (Å²) in [7, 11) is 0. The third kappa shape index (κ3) is 3.16. The molecule has 5 N–H and O–H groups in total. The van der Waals surface area contributed by atoms with Crippen molar-refractivity contribution in [2.45, 2.75) is 17.3 Å². The lowest BCUT2D eigenvalue weighted by molar-refractivity contribution is -0.115. The van der Waals surface area contributed by atoms with E-state index in [-0.39, 0.29) is 11.6 Å². The summed E-state index contributed by atoms with van der Waals surface area (Å²) >= 11 is 2.72. The minimum atomic E-state index is -0.423. The van der Waals surface area contributed by atoms with E-state index in [1.807, 2.05) is 11.4 Å². The summed E-state index contributed by atoms with van der Waals surface area (Å²) in [5.74, 6) is 0.217. The molecule has 0 saturated carbocycles. The first-order chi connectivity index (χ1) is 12.5. The number of anilines is 2. The van der Waals surface area contributed by atoms with E-state index >= 15 is 0 Å². The van der Waals surface area contributed by atoms with Gasteiger partial charge in [-0.25, -0.2) is 14.8 Å². The zero-order chi connectivity index (χ0) is 18.3. The van der Waals surface area contributed by atoms with Crippen LogP contribution < -0.4 is 16.7 Å². The van der Waals surface area contributed by atoms with Gasteiger partial charge < -0.3 is 21.0 Å². The molecule has 0 aliphatic heterocycles. The number of aromatic nitrogens is 4. The van der Waals surface area contributed by atoms with Gasteiger partial charge in [0.25, 0.3) is 0 Å². The average molecular weight is 386 g/mol. The number of fused-ring (bicyclic) bond motifs is 2. The second-order valence-corrected chi connectivity index (χ2v) is 7.82. The zero-order valence-corrected chi connectivity index (χ0v) is 15.2. The Balaban J connectivity index is 1.50. The van der Waals surface area contributed by atoms with E-state index in [1.165, 1.54) is 23.1 Å². The number of thioether (sulfide) groups is 1.